The molecule has 0 spiro atoms. The van der Waals surface area contributed by atoms with Gasteiger partial charge in [-0.25, -0.2) is 14.4 Å². The van der Waals surface area contributed by atoms with Crippen LogP contribution < -0.4 is 10.6 Å². The first kappa shape index (κ1) is 23.2. The van der Waals surface area contributed by atoms with Crippen molar-refractivity contribution in [1.82, 2.24) is 10.6 Å². The fourth-order valence-corrected chi connectivity index (χ4v) is 1.96. The van der Waals surface area contributed by atoms with Gasteiger partial charge in [0.15, 0.2) is 6.04 Å². The molecule has 1 aromatic carbocycles. The fourth-order valence-electron chi connectivity index (χ4n) is 1.96. The van der Waals surface area contributed by atoms with Gasteiger partial charge in [-0.15, -0.1) is 0 Å². The van der Waals surface area contributed by atoms with Crippen molar-refractivity contribution in [3.05, 3.63) is 35.9 Å². The Labute approximate surface area is 164 Å². The van der Waals surface area contributed by atoms with Crippen LogP contribution in [0.2, 0.25) is 0 Å². The summed E-state index contributed by atoms with van der Waals surface area (Å²) in [6.45, 7) is 5.50. The summed E-state index contributed by atoms with van der Waals surface area (Å²) < 4.78 is 20.1. The molecular formula is C19H28N2O7. The maximum absolute atomic E-state index is 11.9. The molecule has 1 atom stereocenters. The predicted molar refractivity (Wildman–Crippen MR) is 101 cm³/mol. The lowest BCUT2D eigenvalue weighted by Crippen LogP contribution is -2.45. The van der Waals surface area contributed by atoms with Crippen LogP contribution >= 0.6 is 0 Å². The number of methoxy groups -OCH3 is 1. The largest absolute Gasteiger partial charge is 0.467 e. The Morgan fingerprint density at radius 1 is 1.07 bits per heavy atom. The van der Waals surface area contributed by atoms with Crippen LogP contribution in [0.1, 0.15) is 26.3 Å². The number of esters is 1. The standard InChI is InChI=1S/C19H28N2O7/c1-19(2,3)28-17(23)20-10-11-26-13-15(16(22)25-4)21-18(24)27-12-14-8-6-5-7-9-14/h5-9,15H,10-13H2,1-4H3,(H,20,23)(H,21,24)/t15-/m0/s1. The second kappa shape index (κ2) is 11.8. The number of hydrogen-bond acceptors (Lipinski definition) is 7. The van der Waals surface area contributed by atoms with Crippen molar-refractivity contribution in [3.8, 4) is 0 Å². The van der Waals surface area contributed by atoms with E-state index in [0.29, 0.717) is 0 Å². The highest BCUT2D eigenvalue weighted by Gasteiger charge is 2.22. The third-order valence-corrected chi connectivity index (χ3v) is 3.19. The Balaban J connectivity index is 2.33. The first-order valence-electron chi connectivity index (χ1n) is 8.81. The van der Waals surface area contributed by atoms with Crippen molar-refractivity contribution in [2.24, 2.45) is 0 Å². The van der Waals surface area contributed by atoms with Crippen LogP contribution in [0, 0.1) is 0 Å². The Morgan fingerprint density at radius 3 is 2.36 bits per heavy atom. The monoisotopic (exact) mass is 396 g/mol. The van der Waals surface area contributed by atoms with Crippen LogP contribution in [0.3, 0.4) is 0 Å². The average Bonchev–Trinajstić information content (AvgIpc) is 2.64. The van der Waals surface area contributed by atoms with Crippen LogP contribution in [-0.4, -0.2) is 56.7 Å². The summed E-state index contributed by atoms with van der Waals surface area (Å²) in [4.78, 5) is 35.2. The first-order valence-corrected chi connectivity index (χ1v) is 8.81. The molecule has 0 aromatic heterocycles. The number of carbonyl (C=O) groups excluding carboxylic acids is 3. The van der Waals surface area contributed by atoms with Crippen molar-refractivity contribution < 1.29 is 33.3 Å². The number of hydrogen-bond donors (Lipinski definition) is 2. The summed E-state index contributed by atoms with van der Waals surface area (Å²) in [6, 6.07) is 8.10. The zero-order valence-electron chi connectivity index (χ0n) is 16.7. The van der Waals surface area contributed by atoms with Crippen molar-refractivity contribution in [2.45, 2.75) is 39.0 Å². The lowest BCUT2D eigenvalue weighted by molar-refractivity contribution is -0.144. The van der Waals surface area contributed by atoms with Crippen molar-refractivity contribution in [1.29, 1.82) is 0 Å². The lowest BCUT2D eigenvalue weighted by Gasteiger charge is -2.20. The molecule has 9 nitrogen and oxygen atoms in total. The molecule has 0 aliphatic carbocycles. The molecule has 9 heteroatoms. The Morgan fingerprint density at radius 2 is 1.75 bits per heavy atom. The molecule has 0 aliphatic rings. The van der Waals surface area contributed by atoms with Gasteiger partial charge in [0.2, 0.25) is 0 Å². The Hall–Kier alpha value is -2.81. The molecule has 0 saturated heterocycles. The minimum Gasteiger partial charge on any atom is -0.467 e. The van der Waals surface area contributed by atoms with Gasteiger partial charge in [-0.3, -0.25) is 0 Å². The Kier molecular flexibility index (Phi) is 9.80. The number of amides is 2. The van der Waals surface area contributed by atoms with E-state index in [-0.39, 0.29) is 26.4 Å². The van der Waals surface area contributed by atoms with Crippen LogP contribution in [0.25, 0.3) is 0 Å². The minimum absolute atomic E-state index is 0.0707. The predicted octanol–water partition coefficient (Wildman–Crippen LogP) is 2.00. The van der Waals surface area contributed by atoms with Crippen LogP contribution in [0.15, 0.2) is 30.3 Å². The molecule has 2 N–H and O–H groups in total. The number of ether oxygens (including phenoxy) is 4. The van der Waals surface area contributed by atoms with E-state index >= 15 is 0 Å². The van der Waals surface area contributed by atoms with Gasteiger partial charge in [0.05, 0.1) is 20.3 Å². The summed E-state index contributed by atoms with van der Waals surface area (Å²) in [6.07, 6.45) is -1.34. The average molecular weight is 396 g/mol. The van der Waals surface area contributed by atoms with Crippen molar-refractivity contribution in [3.63, 3.8) is 0 Å². The quantitative estimate of drug-likeness (QED) is 0.373. The molecule has 0 aliphatic heterocycles. The molecule has 28 heavy (non-hydrogen) atoms. The number of nitrogens with one attached hydrogen (secondary N) is 2. The molecule has 156 valence electrons. The third kappa shape index (κ3) is 10.4. The van der Waals surface area contributed by atoms with Gasteiger partial charge in [0.25, 0.3) is 0 Å². The second-order valence-electron chi connectivity index (χ2n) is 6.79. The van der Waals surface area contributed by atoms with Gasteiger partial charge in [0.1, 0.15) is 12.2 Å². The lowest BCUT2D eigenvalue weighted by atomic mass is 10.2. The molecule has 0 unspecified atom stereocenters. The van der Waals surface area contributed by atoms with Gasteiger partial charge in [0, 0.05) is 6.54 Å². The summed E-state index contributed by atoms with van der Waals surface area (Å²) in [5, 5.41) is 4.92. The highest BCUT2D eigenvalue weighted by molar-refractivity contribution is 5.81. The van der Waals surface area contributed by atoms with Gasteiger partial charge < -0.3 is 29.6 Å². The number of rotatable bonds is 9. The highest BCUT2D eigenvalue weighted by Crippen LogP contribution is 2.06. The third-order valence-electron chi connectivity index (χ3n) is 3.19. The van der Waals surface area contributed by atoms with Crippen LogP contribution in [0.5, 0.6) is 0 Å². The maximum Gasteiger partial charge on any atom is 0.408 e. The molecule has 2 amide bonds. The molecule has 0 bridgehead atoms. The van der Waals surface area contributed by atoms with E-state index in [1.54, 1.807) is 20.8 Å². The van der Waals surface area contributed by atoms with E-state index in [1.165, 1.54) is 7.11 Å². The van der Waals surface area contributed by atoms with Crippen molar-refractivity contribution in [2.75, 3.05) is 26.9 Å². The second-order valence-corrected chi connectivity index (χ2v) is 6.79. The highest BCUT2D eigenvalue weighted by atomic mass is 16.6. The zero-order chi connectivity index (χ0) is 21.0. The Bertz CT molecular complexity index is 629. The van der Waals surface area contributed by atoms with E-state index < -0.39 is 29.8 Å². The first-order chi connectivity index (χ1) is 13.2. The summed E-state index contributed by atoms with van der Waals surface area (Å²) in [5.74, 6) is -0.670. The molecule has 0 heterocycles. The molecule has 1 rings (SSSR count). The van der Waals surface area contributed by atoms with E-state index in [9.17, 15) is 14.4 Å². The van der Waals surface area contributed by atoms with Gasteiger partial charge in [-0.1, -0.05) is 30.3 Å². The van der Waals surface area contributed by atoms with Gasteiger partial charge >= 0.3 is 18.2 Å². The summed E-state index contributed by atoms with van der Waals surface area (Å²) in [5.41, 5.74) is 0.224. The van der Waals surface area contributed by atoms with Crippen molar-refractivity contribution >= 4 is 18.2 Å². The molecule has 0 saturated carbocycles. The zero-order valence-corrected chi connectivity index (χ0v) is 16.7. The topological polar surface area (TPSA) is 112 Å². The minimum atomic E-state index is -1.03. The SMILES string of the molecule is COC(=O)[C@H](COCCNC(=O)OC(C)(C)C)NC(=O)OCc1ccccc1. The van der Waals surface area contributed by atoms with E-state index in [1.807, 2.05) is 30.3 Å². The van der Waals surface area contributed by atoms with Gasteiger partial charge in [-0.2, -0.15) is 0 Å². The summed E-state index contributed by atoms with van der Waals surface area (Å²) >= 11 is 0. The van der Waals surface area contributed by atoms with E-state index in [0.717, 1.165) is 5.56 Å². The molecule has 0 fully saturated rings. The maximum atomic E-state index is 11.9. The van der Waals surface area contributed by atoms with E-state index in [4.69, 9.17) is 14.2 Å². The molecule has 0 radical (unpaired) electrons. The van der Waals surface area contributed by atoms with Crippen LogP contribution in [-0.2, 0) is 30.3 Å². The number of carbonyl (C=O) groups is 3. The smallest absolute Gasteiger partial charge is 0.408 e. The number of alkyl carbamates (subject to hydrolysis) is 2. The number of benzene rings is 1. The van der Waals surface area contributed by atoms with Crippen LogP contribution in [0.4, 0.5) is 9.59 Å². The summed E-state index contributed by atoms with van der Waals surface area (Å²) in [7, 11) is 1.20. The fraction of sp³-hybridized carbons (Fsp3) is 0.526. The van der Waals surface area contributed by atoms with E-state index in [2.05, 4.69) is 15.4 Å². The molecule has 1 aromatic rings. The normalized spacial score (nSPS) is 11.9. The molecular weight excluding hydrogens is 368 g/mol. The van der Waals surface area contributed by atoms with Gasteiger partial charge in [-0.05, 0) is 26.3 Å².